The molecule has 1 aromatic rings. The molecule has 0 atom stereocenters. The molecule has 0 fully saturated rings. The van der Waals surface area contributed by atoms with E-state index in [4.69, 9.17) is 4.55 Å². The van der Waals surface area contributed by atoms with E-state index in [1.165, 1.54) is 0 Å². The molecule has 0 aliphatic heterocycles. The van der Waals surface area contributed by atoms with Gasteiger partial charge in [-0.15, -0.1) is 0 Å². The van der Waals surface area contributed by atoms with Gasteiger partial charge < -0.3 is 0 Å². The fourth-order valence-corrected chi connectivity index (χ4v) is 3.04. The Hall–Kier alpha value is -1.70. The number of nitrogens with zero attached hydrogens (tertiary/aromatic N) is 1. The lowest BCUT2D eigenvalue weighted by Gasteiger charge is -2.30. The van der Waals surface area contributed by atoms with Crippen LogP contribution in [0, 0.1) is 13.8 Å². The van der Waals surface area contributed by atoms with Crippen molar-refractivity contribution in [2.24, 2.45) is 0 Å². The molecule has 14 heteroatoms. The molecule has 26 heavy (non-hydrogen) atoms. The standard InChI is InChI=1S/C12H10F9NO3S/c1-4-6(10(13,14)15)5(2)9(22(3)26(23,24)25)8(12(19,20)21)7(4)11(16,17)18/h1-3H3,(H,23,24,25). The molecule has 4 nitrogen and oxygen atoms in total. The Bertz CT molecular complexity index is 823. The molecule has 0 spiro atoms. The first-order valence-corrected chi connectivity index (χ1v) is 7.72. The first-order valence-electron chi connectivity index (χ1n) is 6.32. The summed E-state index contributed by atoms with van der Waals surface area (Å²) in [4.78, 5) is 0. The van der Waals surface area contributed by atoms with Gasteiger partial charge in [-0.25, -0.2) is 0 Å². The van der Waals surface area contributed by atoms with Crippen LogP contribution in [0.3, 0.4) is 0 Å². The molecule has 0 saturated carbocycles. The number of anilines is 1. The molecule has 1 N–H and O–H groups in total. The maximum Gasteiger partial charge on any atom is 0.419 e. The fourth-order valence-electron chi connectivity index (χ4n) is 2.58. The van der Waals surface area contributed by atoms with E-state index >= 15 is 0 Å². The van der Waals surface area contributed by atoms with E-state index in [-0.39, 0.29) is 14.0 Å². The molecular formula is C12H10F9NO3S. The van der Waals surface area contributed by atoms with Crippen LogP contribution in [0.4, 0.5) is 45.2 Å². The third-order valence-electron chi connectivity index (χ3n) is 3.48. The fraction of sp³-hybridized carbons (Fsp3) is 0.500. The Morgan fingerprint density at radius 2 is 1.08 bits per heavy atom. The summed E-state index contributed by atoms with van der Waals surface area (Å²) < 4.78 is 149. The third-order valence-corrected chi connectivity index (χ3v) is 4.35. The Morgan fingerprint density at radius 3 is 1.35 bits per heavy atom. The van der Waals surface area contributed by atoms with Gasteiger partial charge in [0, 0.05) is 7.05 Å². The predicted octanol–water partition coefficient (Wildman–Crippen LogP) is 4.60. The lowest BCUT2D eigenvalue weighted by molar-refractivity contribution is -0.163. The van der Waals surface area contributed by atoms with Gasteiger partial charge in [-0.1, -0.05) is 0 Å². The van der Waals surface area contributed by atoms with Crippen molar-refractivity contribution in [3.63, 3.8) is 0 Å². The van der Waals surface area contributed by atoms with Crippen LogP contribution in [0.1, 0.15) is 27.8 Å². The molecule has 0 bridgehead atoms. The van der Waals surface area contributed by atoms with Crippen LogP contribution in [0.5, 0.6) is 0 Å². The van der Waals surface area contributed by atoms with E-state index < -0.39 is 66.6 Å². The SMILES string of the molecule is Cc1c(N(C)S(=O)(=O)O)c(C(F)(F)F)c(C(F)(F)F)c(C)c1C(F)(F)F. The van der Waals surface area contributed by atoms with Crippen LogP contribution in [-0.2, 0) is 28.8 Å². The zero-order valence-corrected chi connectivity index (χ0v) is 13.8. The van der Waals surface area contributed by atoms with Gasteiger partial charge in [-0.3, -0.25) is 8.86 Å². The molecule has 0 unspecified atom stereocenters. The summed E-state index contributed by atoms with van der Waals surface area (Å²) >= 11 is 0. The minimum absolute atomic E-state index is 0.197. The average Bonchev–Trinajstić information content (AvgIpc) is 2.31. The summed E-state index contributed by atoms with van der Waals surface area (Å²) in [6, 6.07) is 0. The second-order valence-corrected chi connectivity index (χ2v) is 6.61. The molecule has 0 saturated heterocycles. The third kappa shape index (κ3) is 4.00. The van der Waals surface area contributed by atoms with E-state index in [0.717, 1.165) is 0 Å². The van der Waals surface area contributed by atoms with Gasteiger partial charge >= 0.3 is 28.8 Å². The highest BCUT2D eigenvalue weighted by molar-refractivity contribution is 7.87. The predicted molar refractivity (Wildman–Crippen MR) is 70.9 cm³/mol. The average molecular weight is 419 g/mol. The highest BCUT2D eigenvalue weighted by Crippen LogP contribution is 2.52. The van der Waals surface area contributed by atoms with Crippen molar-refractivity contribution in [3.8, 4) is 0 Å². The largest absolute Gasteiger partial charge is 0.419 e. The van der Waals surface area contributed by atoms with Gasteiger partial charge in [-0.2, -0.15) is 47.9 Å². The normalized spacial score (nSPS) is 13.9. The van der Waals surface area contributed by atoms with Crippen LogP contribution < -0.4 is 4.31 Å². The summed E-state index contributed by atoms with van der Waals surface area (Å²) in [5, 5.41) is 0. The monoisotopic (exact) mass is 419 g/mol. The van der Waals surface area contributed by atoms with E-state index in [2.05, 4.69) is 0 Å². The first kappa shape index (κ1) is 22.3. The van der Waals surface area contributed by atoms with Crippen LogP contribution in [0.2, 0.25) is 0 Å². The quantitative estimate of drug-likeness (QED) is 0.563. The maximum absolute atomic E-state index is 13.3. The van der Waals surface area contributed by atoms with E-state index in [0.29, 0.717) is 6.92 Å². The molecule has 0 aromatic heterocycles. The Morgan fingerprint density at radius 1 is 0.731 bits per heavy atom. The smallest absolute Gasteiger partial charge is 0.269 e. The lowest BCUT2D eigenvalue weighted by atomic mass is 9.89. The number of alkyl halides is 9. The molecule has 0 heterocycles. The zero-order chi connectivity index (χ0) is 21.0. The van der Waals surface area contributed by atoms with Crippen molar-refractivity contribution >= 4 is 16.0 Å². The number of rotatable bonds is 2. The minimum Gasteiger partial charge on any atom is -0.269 e. The Labute approximate surface area is 141 Å². The summed E-state index contributed by atoms with van der Waals surface area (Å²) in [6.45, 7) is 0.577. The molecule has 1 rings (SSSR count). The minimum atomic E-state index is -5.89. The molecule has 0 amide bonds. The topological polar surface area (TPSA) is 57.6 Å². The summed E-state index contributed by atoms with van der Waals surface area (Å²) in [5.74, 6) is 0. The summed E-state index contributed by atoms with van der Waals surface area (Å²) in [6.07, 6.45) is -17.3. The first-order chi connectivity index (χ1) is 11.2. The van der Waals surface area contributed by atoms with Gasteiger partial charge in [0.15, 0.2) is 0 Å². The Balaban J connectivity index is 4.37. The van der Waals surface area contributed by atoms with Gasteiger partial charge in [0.05, 0.1) is 22.4 Å². The number of hydrogen-bond donors (Lipinski definition) is 1. The second kappa shape index (κ2) is 6.18. The van der Waals surface area contributed by atoms with Crippen LogP contribution in [0.25, 0.3) is 0 Å². The highest BCUT2D eigenvalue weighted by Gasteiger charge is 2.51. The van der Waals surface area contributed by atoms with Crippen LogP contribution in [0.15, 0.2) is 0 Å². The maximum atomic E-state index is 13.3. The van der Waals surface area contributed by atoms with Crippen molar-refractivity contribution in [2.45, 2.75) is 32.4 Å². The number of halogens is 9. The number of hydrogen-bond acceptors (Lipinski definition) is 2. The molecule has 0 aliphatic carbocycles. The number of benzene rings is 1. The van der Waals surface area contributed by atoms with Crippen molar-refractivity contribution in [3.05, 3.63) is 27.8 Å². The van der Waals surface area contributed by atoms with Gasteiger partial charge in [0.1, 0.15) is 0 Å². The molecular weight excluding hydrogens is 409 g/mol. The van der Waals surface area contributed by atoms with Crippen LogP contribution >= 0.6 is 0 Å². The van der Waals surface area contributed by atoms with Crippen molar-refractivity contribution in [1.82, 2.24) is 0 Å². The second-order valence-electron chi connectivity index (χ2n) is 5.16. The molecule has 150 valence electrons. The van der Waals surface area contributed by atoms with Gasteiger partial charge in [0.25, 0.3) is 0 Å². The zero-order valence-electron chi connectivity index (χ0n) is 13.0. The van der Waals surface area contributed by atoms with Crippen molar-refractivity contribution in [2.75, 3.05) is 11.4 Å². The van der Waals surface area contributed by atoms with E-state index in [1.807, 2.05) is 0 Å². The van der Waals surface area contributed by atoms with Gasteiger partial charge in [0.2, 0.25) is 0 Å². The lowest BCUT2D eigenvalue weighted by Crippen LogP contribution is -2.32. The molecule has 1 aromatic carbocycles. The van der Waals surface area contributed by atoms with Crippen molar-refractivity contribution < 1.29 is 52.5 Å². The highest BCUT2D eigenvalue weighted by atomic mass is 32.2. The van der Waals surface area contributed by atoms with Crippen LogP contribution in [-0.4, -0.2) is 20.0 Å². The van der Waals surface area contributed by atoms with Crippen molar-refractivity contribution in [1.29, 1.82) is 0 Å². The van der Waals surface area contributed by atoms with Gasteiger partial charge in [-0.05, 0) is 25.0 Å². The summed E-state index contributed by atoms with van der Waals surface area (Å²) in [7, 11) is -5.40. The van der Waals surface area contributed by atoms with E-state index in [1.54, 1.807) is 0 Å². The molecule has 0 radical (unpaired) electrons. The summed E-state index contributed by atoms with van der Waals surface area (Å²) in [5.41, 5.74) is -12.6. The Kier molecular flexibility index (Phi) is 5.31. The molecule has 0 aliphatic rings. The van der Waals surface area contributed by atoms with E-state index in [9.17, 15) is 47.9 Å².